The first kappa shape index (κ1) is 47.1. The standard InChI is InChI=1S/C79H64N2/c1-78(2)70-29-17-15-27-62(70)68-46-60(37-40-71(68)78)81(58-25-13-6-14-26-58)76-49-75-69(48-65(76)52-21-9-4-10-22-52)63-28-16-18-30-72(63)79(75)73-39-33-54(51-19-7-3-8-20-51)45-67(73)64-38-36-61(47-74(64)79)80(57-23-11-5-12-24-57)59-34-31-53(32-35-59)77-56-42-50-41-55(44-56)66(77)43-50/h3-40,45-47,49-50,55-56,65-66,77H,41-44,48H2,1-2H3. The van der Waals surface area contributed by atoms with Crippen molar-refractivity contribution in [3.05, 3.63) is 311 Å². The van der Waals surface area contributed by atoms with E-state index in [2.05, 4.69) is 278 Å². The van der Waals surface area contributed by atoms with Crippen LogP contribution >= 0.6 is 0 Å². The molecule has 81 heavy (non-hydrogen) atoms. The lowest BCUT2D eigenvalue weighted by molar-refractivity contribution is 0.249. The van der Waals surface area contributed by atoms with Gasteiger partial charge in [-0.1, -0.05) is 196 Å². The molecule has 0 radical (unpaired) electrons. The summed E-state index contributed by atoms with van der Waals surface area (Å²) in [6, 6.07) is 95.1. The van der Waals surface area contributed by atoms with Gasteiger partial charge in [-0.3, -0.25) is 0 Å². The number of hydrogen-bond donors (Lipinski definition) is 0. The highest BCUT2D eigenvalue weighted by Gasteiger charge is 2.56. The van der Waals surface area contributed by atoms with Crippen LogP contribution in [0.2, 0.25) is 0 Å². The molecular formula is C79H64N2. The third kappa shape index (κ3) is 6.92. The van der Waals surface area contributed by atoms with Crippen molar-refractivity contribution in [2.24, 2.45) is 23.7 Å². The largest absolute Gasteiger partial charge is 0.314 e. The molecule has 4 saturated carbocycles. The van der Waals surface area contributed by atoms with E-state index >= 15 is 0 Å². The number of benzene rings is 10. The highest BCUT2D eigenvalue weighted by Crippen LogP contribution is 2.67. The minimum Gasteiger partial charge on any atom is -0.314 e. The molecule has 8 aliphatic rings. The van der Waals surface area contributed by atoms with E-state index in [0.29, 0.717) is 5.92 Å². The van der Waals surface area contributed by atoms with E-state index in [9.17, 15) is 0 Å². The van der Waals surface area contributed by atoms with Crippen molar-refractivity contribution in [1.29, 1.82) is 0 Å². The first-order valence-corrected chi connectivity index (χ1v) is 29.9. The molecule has 0 saturated heterocycles. The summed E-state index contributed by atoms with van der Waals surface area (Å²) in [7, 11) is 0. The molecule has 0 N–H and O–H groups in total. The second-order valence-electron chi connectivity index (χ2n) is 25.1. The highest BCUT2D eigenvalue weighted by atomic mass is 15.2. The molecule has 10 aromatic carbocycles. The monoisotopic (exact) mass is 1040 g/mol. The summed E-state index contributed by atoms with van der Waals surface area (Å²) in [6.07, 6.45) is 9.29. The topological polar surface area (TPSA) is 6.48 Å². The van der Waals surface area contributed by atoms with Gasteiger partial charge in [-0.2, -0.15) is 0 Å². The van der Waals surface area contributed by atoms with Crippen molar-refractivity contribution in [3.8, 4) is 33.4 Å². The van der Waals surface area contributed by atoms with Crippen molar-refractivity contribution in [3.63, 3.8) is 0 Å². The third-order valence-corrected chi connectivity index (χ3v) is 20.8. The van der Waals surface area contributed by atoms with Gasteiger partial charge in [-0.15, -0.1) is 0 Å². The van der Waals surface area contributed by atoms with Gasteiger partial charge < -0.3 is 9.80 Å². The number of hydrogen-bond acceptors (Lipinski definition) is 2. The Bertz CT molecular complexity index is 4210. The number of nitrogens with zero attached hydrogens (tertiary/aromatic N) is 2. The van der Waals surface area contributed by atoms with Gasteiger partial charge in [0.05, 0.1) is 5.41 Å². The highest BCUT2D eigenvalue weighted by molar-refractivity contribution is 5.99. The molecule has 4 fully saturated rings. The SMILES string of the molecule is CC1(C)c2ccccc2-c2cc(N(C3=CC4=C(CC3c3ccccc3)c3ccccc3C43c4ccc(-c5ccccc5)cc4-c4ccc(N(c5ccccc5)c5ccc(C6C7CC8CC(C7)C6C8)cc5)cc43)c3ccccc3)ccc21. The number of para-hydroxylation sites is 2. The molecular weight excluding hydrogens is 977 g/mol. The maximum absolute atomic E-state index is 2.67. The van der Waals surface area contributed by atoms with Crippen LogP contribution in [0.15, 0.2) is 266 Å². The molecule has 7 unspecified atom stereocenters. The summed E-state index contributed by atoms with van der Waals surface area (Å²) in [6.45, 7) is 4.77. The second-order valence-corrected chi connectivity index (χ2v) is 25.1. The Morgan fingerprint density at radius 2 is 0.926 bits per heavy atom. The van der Waals surface area contributed by atoms with Crippen LogP contribution in [-0.2, 0) is 10.8 Å². The zero-order chi connectivity index (χ0) is 53.6. The number of rotatable bonds is 9. The molecule has 10 aromatic rings. The number of fused-ring (bicyclic) bond motifs is 12. The maximum atomic E-state index is 2.67. The minimum atomic E-state index is -0.620. The fourth-order valence-corrected chi connectivity index (χ4v) is 17.6. The van der Waals surface area contributed by atoms with Gasteiger partial charge in [0.15, 0.2) is 0 Å². The lowest BCUT2D eigenvalue weighted by Gasteiger charge is -2.39. The van der Waals surface area contributed by atoms with Gasteiger partial charge in [-0.05, 0) is 224 Å². The van der Waals surface area contributed by atoms with E-state index in [-0.39, 0.29) is 11.3 Å². The van der Waals surface area contributed by atoms with Crippen molar-refractivity contribution >= 4 is 34.0 Å². The summed E-state index contributed by atoms with van der Waals surface area (Å²) in [5.74, 6) is 4.39. The molecule has 390 valence electrons. The predicted octanol–water partition coefficient (Wildman–Crippen LogP) is 20.3. The van der Waals surface area contributed by atoms with Crippen LogP contribution in [-0.4, -0.2) is 0 Å². The average molecular weight is 1040 g/mol. The lowest BCUT2D eigenvalue weighted by Crippen LogP contribution is -2.30. The van der Waals surface area contributed by atoms with Crippen LogP contribution in [0.5, 0.6) is 0 Å². The summed E-state index contributed by atoms with van der Waals surface area (Å²) >= 11 is 0. The van der Waals surface area contributed by atoms with Gasteiger partial charge >= 0.3 is 0 Å². The van der Waals surface area contributed by atoms with E-state index in [1.165, 1.54) is 132 Å². The van der Waals surface area contributed by atoms with Crippen LogP contribution < -0.4 is 9.80 Å². The van der Waals surface area contributed by atoms with Crippen molar-refractivity contribution in [1.82, 2.24) is 0 Å². The van der Waals surface area contributed by atoms with Gasteiger partial charge in [0.25, 0.3) is 0 Å². The fourth-order valence-electron chi connectivity index (χ4n) is 17.6. The van der Waals surface area contributed by atoms with Crippen LogP contribution in [0.25, 0.3) is 39.0 Å². The summed E-state index contributed by atoms with van der Waals surface area (Å²) < 4.78 is 0. The molecule has 0 heterocycles. The molecule has 2 heteroatoms. The van der Waals surface area contributed by atoms with Crippen molar-refractivity contribution in [2.75, 3.05) is 9.80 Å². The predicted molar refractivity (Wildman–Crippen MR) is 335 cm³/mol. The number of anilines is 5. The molecule has 0 aromatic heterocycles. The van der Waals surface area contributed by atoms with Crippen LogP contribution in [0.4, 0.5) is 28.4 Å². The van der Waals surface area contributed by atoms with E-state index < -0.39 is 5.41 Å². The summed E-state index contributed by atoms with van der Waals surface area (Å²) in [4.78, 5) is 5.14. The normalized spacial score (nSPS) is 23.4. The Morgan fingerprint density at radius 3 is 1.68 bits per heavy atom. The van der Waals surface area contributed by atoms with E-state index in [1.54, 1.807) is 5.56 Å². The molecule has 4 bridgehead atoms. The molecule has 2 nitrogen and oxygen atoms in total. The Hall–Kier alpha value is -8.72. The molecule has 8 aliphatic carbocycles. The number of allylic oxidation sites excluding steroid dienone is 4. The van der Waals surface area contributed by atoms with E-state index in [0.717, 1.165) is 41.5 Å². The quantitative estimate of drug-likeness (QED) is 0.142. The smallest absolute Gasteiger partial charge is 0.0723 e. The van der Waals surface area contributed by atoms with Crippen LogP contribution in [0.1, 0.15) is 102 Å². The van der Waals surface area contributed by atoms with Crippen LogP contribution in [0, 0.1) is 23.7 Å². The molecule has 7 atom stereocenters. The van der Waals surface area contributed by atoms with Crippen molar-refractivity contribution < 1.29 is 0 Å². The average Bonchev–Trinajstić information content (AvgIpc) is 3.51. The third-order valence-electron chi connectivity index (χ3n) is 20.8. The minimum absolute atomic E-state index is 0.0588. The van der Waals surface area contributed by atoms with Crippen LogP contribution in [0.3, 0.4) is 0 Å². The van der Waals surface area contributed by atoms with E-state index in [1.807, 2.05) is 0 Å². The first-order chi connectivity index (χ1) is 39.9. The van der Waals surface area contributed by atoms with Gasteiger partial charge in [0.2, 0.25) is 0 Å². The van der Waals surface area contributed by atoms with Gasteiger partial charge in [0.1, 0.15) is 0 Å². The molecule has 1 spiro atoms. The second kappa shape index (κ2) is 17.9. The zero-order valence-electron chi connectivity index (χ0n) is 46.1. The van der Waals surface area contributed by atoms with E-state index in [4.69, 9.17) is 0 Å². The molecule has 18 rings (SSSR count). The lowest BCUT2D eigenvalue weighted by atomic mass is 9.67. The maximum Gasteiger partial charge on any atom is 0.0723 e. The Labute approximate surface area is 477 Å². The zero-order valence-corrected chi connectivity index (χ0v) is 46.1. The molecule has 0 aliphatic heterocycles. The Morgan fingerprint density at radius 1 is 0.370 bits per heavy atom. The Kier molecular flexibility index (Phi) is 10.4. The Balaban J connectivity index is 0.898. The molecule has 0 amide bonds. The van der Waals surface area contributed by atoms with Crippen molar-refractivity contribution in [2.45, 2.75) is 68.6 Å². The first-order valence-electron chi connectivity index (χ1n) is 29.9. The van der Waals surface area contributed by atoms with Gasteiger partial charge in [0, 0.05) is 45.5 Å². The van der Waals surface area contributed by atoms with Gasteiger partial charge in [-0.25, -0.2) is 0 Å². The summed E-state index contributed by atoms with van der Waals surface area (Å²) in [5.41, 5.74) is 28.0. The summed E-state index contributed by atoms with van der Waals surface area (Å²) in [5, 5.41) is 0. The fraction of sp³-hybridized carbons (Fsp3) is 0.190.